The molecule has 1 aromatic rings. The van der Waals surface area contributed by atoms with E-state index in [1.165, 1.54) is 19.3 Å². The van der Waals surface area contributed by atoms with Crippen molar-refractivity contribution in [3.05, 3.63) is 17.5 Å². The minimum absolute atomic E-state index is 0.0934. The van der Waals surface area contributed by atoms with Gasteiger partial charge in [-0.05, 0) is 32.6 Å². The molecule has 0 bridgehead atoms. The van der Waals surface area contributed by atoms with Gasteiger partial charge >= 0.3 is 0 Å². The van der Waals surface area contributed by atoms with Crippen molar-refractivity contribution in [2.75, 3.05) is 38.3 Å². The van der Waals surface area contributed by atoms with Crippen LogP contribution in [-0.4, -0.2) is 61.4 Å². The smallest absolute Gasteiger partial charge is 0.254 e. The highest BCUT2D eigenvalue weighted by atomic mass is 16.5. The Morgan fingerprint density at radius 2 is 2.19 bits per heavy atom. The molecular formula is C19H28N4O3. The van der Waals surface area contributed by atoms with Crippen LogP contribution in [0.25, 0.3) is 0 Å². The number of rotatable bonds is 5. The number of ether oxygens (including phenoxy) is 2. The van der Waals surface area contributed by atoms with E-state index in [1.54, 1.807) is 13.3 Å². The van der Waals surface area contributed by atoms with Gasteiger partial charge in [-0.1, -0.05) is 0 Å². The normalized spacial score (nSPS) is 30.6. The first-order valence-corrected chi connectivity index (χ1v) is 9.69. The van der Waals surface area contributed by atoms with Crippen LogP contribution in [-0.2, 0) is 9.47 Å². The van der Waals surface area contributed by atoms with Crippen molar-refractivity contribution in [3.8, 4) is 0 Å². The van der Waals surface area contributed by atoms with Crippen molar-refractivity contribution in [1.82, 2.24) is 15.3 Å². The molecule has 2 saturated heterocycles. The summed E-state index contributed by atoms with van der Waals surface area (Å²) in [7, 11) is 1.69. The number of hydrogen-bond acceptors (Lipinski definition) is 6. The Labute approximate surface area is 154 Å². The van der Waals surface area contributed by atoms with Gasteiger partial charge in [-0.2, -0.15) is 0 Å². The molecule has 1 aromatic heterocycles. The van der Waals surface area contributed by atoms with Crippen LogP contribution in [0.1, 0.15) is 41.7 Å². The lowest BCUT2D eigenvalue weighted by Crippen LogP contribution is -2.62. The Kier molecular flexibility index (Phi) is 5.09. The molecule has 1 aliphatic carbocycles. The third-order valence-corrected chi connectivity index (χ3v) is 6.04. The Hall–Kier alpha value is -1.73. The van der Waals surface area contributed by atoms with Gasteiger partial charge in [0, 0.05) is 50.9 Å². The summed E-state index contributed by atoms with van der Waals surface area (Å²) in [6, 6.07) is 0.108. The number of methoxy groups -OCH3 is 1. The molecule has 3 heterocycles. The van der Waals surface area contributed by atoms with Crippen molar-refractivity contribution < 1.29 is 14.3 Å². The van der Waals surface area contributed by atoms with Gasteiger partial charge in [-0.25, -0.2) is 9.97 Å². The van der Waals surface area contributed by atoms with Crippen LogP contribution in [0.4, 0.5) is 5.95 Å². The second kappa shape index (κ2) is 7.48. The first-order chi connectivity index (χ1) is 12.7. The molecule has 3 fully saturated rings. The van der Waals surface area contributed by atoms with Gasteiger partial charge in [0.25, 0.3) is 5.91 Å². The van der Waals surface area contributed by atoms with E-state index < -0.39 is 0 Å². The van der Waals surface area contributed by atoms with Crippen LogP contribution in [0.2, 0.25) is 0 Å². The van der Waals surface area contributed by atoms with Gasteiger partial charge in [0.05, 0.1) is 24.0 Å². The number of aromatic nitrogens is 2. The molecule has 2 aliphatic heterocycles. The number of aryl methyl sites for hydroxylation is 1. The SMILES string of the molecule is COC[C@@H]1[C@H](NC(=O)c2cnc(N3CCCCC3)nc2C)[C@@H]2CCO[C@H]12. The van der Waals surface area contributed by atoms with Crippen molar-refractivity contribution in [3.63, 3.8) is 0 Å². The maximum Gasteiger partial charge on any atom is 0.254 e. The Balaban J connectivity index is 1.44. The highest BCUT2D eigenvalue weighted by molar-refractivity contribution is 5.95. The molecule has 0 aromatic carbocycles. The number of carbonyl (C=O) groups excluding carboxylic acids is 1. The number of nitrogens with zero attached hydrogens (tertiary/aromatic N) is 3. The lowest BCUT2D eigenvalue weighted by molar-refractivity contribution is -0.0809. The fourth-order valence-electron chi connectivity index (χ4n) is 4.59. The zero-order valence-corrected chi connectivity index (χ0v) is 15.6. The number of amides is 1. The van der Waals surface area contributed by atoms with Crippen LogP contribution in [0.3, 0.4) is 0 Å². The summed E-state index contributed by atoms with van der Waals surface area (Å²) in [5.41, 5.74) is 1.30. The average Bonchev–Trinajstić information content (AvgIpc) is 3.09. The largest absolute Gasteiger partial charge is 0.384 e. The van der Waals surface area contributed by atoms with Crippen LogP contribution in [0.15, 0.2) is 6.20 Å². The molecule has 0 radical (unpaired) electrons. The summed E-state index contributed by atoms with van der Waals surface area (Å²) in [5, 5.41) is 3.19. The standard InChI is InChI=1S/C19H28N4O3/c1-12-14(10-20-19(21-12)23-7-4-3-5-8-23)18(24)22-16-13-6-9-26-17(13)15(16)11-25-2/h10,13,15-17H,3-9,11H2,1-2H3,(H,22,24)/t13-,15+,16+,17-/m0/s1. The first kappa shape index (κ1) is 17.7. The van der Waals surface area contributed by atoms with Crippen molar-refractivity contribution in [1.29, 1.82) is 0 Å². The van der Waals surface area contributed by atoms with Gasteiger partial charge in [0.1, 0.15) is 0 Å². The minimum atomic E-state index is -0.0934. The summed E-state index contributed by atoms with van der Waals surface area (Å²) in [6.07, 6.45) is 6.52. The van der Waals surface area contributed by atoms with Gasteiger partial charge < -0.3 is 19.7 Å². The zero-order chi connectivity index (χ0) is 18.1. The van der Waals surface area contributed by atoms with Crippen molar-refractivity contribution in [2.45, 2.75) is 44.8 Å². The van der Waals surface area contributed by atoms with E-state index in [9.17, 15) is 4.79 Å². The number of piperidine rings is 1. The highest BCUT2D eigenvalue weighted by Gasteiger charge is 2.54. The zero-order valence-electron chi connectivity index (χ0n) is 15.6. The van der Waals surface area contributed by atoms with Gasteiger partial charge in [0.15, 0.2) is 0 Å². The Morgan fingerprint density at radius 3 is 2.92 bits per heavy atom. The molecule has 26 heavy (non-hydrogen) atoms. The van der Waals surface area contributed by atoms with Gasteiger partial charge in [-0.15, -0.1) is 0 Å². The van der Waals surface area contributed by atoms with Crippen LogP contribution >= 0.6 is 0 Å². The highest BCUT2D eigenvalue weighted by Crippen LogP contribution is 2.43. The van der Waals surface area contributed by atoms with Gasteiger partial charge in [0.2, 0.25) is 5.95 Å². The summed E-state index contributed by atoms with van der Waals surface area (Å²) in [4.78, 5) is 24.1. The lowest BCUT2D eigenvalue weighted by Gasteiger charge is -2.47. The van der Waals surface area contributed by atoms with E-state index in [1.807, 2.05) is 6.92 Å². The fourth-order valence-corrected chi connectivity index (χ4v) is 4.59. The molecule has 3 aliphatic rings. The number of carbonyl (C=O) groups is 1. The van der Waals surface area contributed by atoms with E-state index >= 15 is 0 Å². The van der Waals surface area contributed by atoms with E-state index in [4.69, 9.17) is 9.47 Å². The van der Waals surface area contributed by atoms with Gasteiger partial charge in [-0.3, -0.25) is 4.79 Å². The molecule has 1 saturated carbocycles. The van der Waals surface area contributed by atoms with Crippen molar-refractivity contribution in [2.24, 2.45) is 11.8 Å². The fraction of sp³-hybridized carbons (Fsp3) is 0.737. The quantitative estimate of drug-likeness (QED) is 0.859. The average molecular weight is 360 g/mol. The second-order valence-corrected chi connectivity index (χ2v) is 7.62. The summed E-state index contributed by atoms with van der Waals surface area (Å²) in [6.45, 7) is 5.26. The van der Waals surface area contributed by atoms with E-state index in [2.05, 4.69) is 20.2 Å². The number of hydrogen-bond donors (Lipinski definition) is 1. The molecule has 7 heteroatoms. The topological polar surface area (TPSA) is 76.6 Å². The summed E-state index contributed by atoms with van der Waals surface area (Å²) >= 11 is 0. The van der Waals surface area contributed by atoms with E-state index in [-0.39, 0.29) is 24.0 Å². The van der Waals surface area contributed by atoms with Crippen LogP contribution in [0.5, 0.6) is 0 Å². The minimum Gasteiger partial charge on any atom is -0.384 e. The monoisotopic (exact) mass is 360 g/mol. The molecular weight excluding hydrogens is 332 g/mol. The predicted octanol–water partition coefficient (Wildman–Crippen LogP) is 1.56. The third-order valence-electron chi connectivity index (χ3n) is 6.04. The first-order valence-electron chi connectivity index (χ1n) is 9.69. The number of nitrogens with one attached hydrogen (secondary N) is 1. The molecule has 142 valence electrons. The van der Waals surface area contributed by atoms with E-state index in [0.29, 0.717) is 18.1 Å². The maximum absolute atomic E-state index is 12.8. The molecule has 4 rings (SSSR count). The third kappa shape index (κ3) is 3.18. The predicted molar refractivity (Wildman–Crippen MR) is 97.3 cm³/mol. The Bertz CT molecular complexity index is 662. The van der Waals surface area contributed by atoms with Crippen LogP contribution in [0, 0.1) is 18.8 Å². The molecule has 7 nitrogen and oxygen atoms in total. The lowest BCUT2D eigenvalue weighted by atomic mass is 9.67. The molecule has 1 N–H and O–H groups in total. The van der Waals surface area contributed by atoms with Crippen molar-refractivity contribution >= 4 is 11.9 Å². The van der Waals surface area contributed by atoms with E-state index in [0.717, 1.165) is 37.8 Å². The Morgan fingerprint density at radius 1 is 1.38 bits per heavy atom. The number of fused-ring (bicyclic) bond motifs is 1. The molecule has 1 amide bonds. The summed E-state index contributed by atoms with van der Waals surface area (Å²) < 4.78 is 11.1. The maximum atomic E-state index is 12.8. The molecule has 0 spiro atoms. The summed E-state index contributed by atoms with van der Waals surface area (Å²) in [5.74, 6) is 1.27. The molecule has 0 unspecified atom stereocenters. The van der Waals surface area contributed by atoms with Crippen LogP contribution < -0.4 is 10.2 Å². The molecule has 4 atom stereocenters. The number of anilines is 1. The second-order valence-electron chi connectivity index (χ2n) is 7.62.